The average molecular weight is 424 g/mol. The maximum atomic E-state index is 14.7. The summed E-state index contributed by atoms with van der Waals surface area (Å²) in [7, 11) is 0. The molecule has 1 aliphatic rings. The molecule has 0 fully saturated rings. The number of fused-ring (bicyclic) bond motifs is 1. The van der Waals surface area contributed by atoms with E-state index in [0.717, 1.165) is 18.2 Å². The first kappa shape index (κ1) is 20.5. The summed E-state index contributed by atoms with van der Waals surface area (Å²) < 4.78 is 83.4. The van der Waals surface area contributed by atoms with E-state index in [4.69, 9.17) is 0 Å². The minimum Gasteiger partial charge on any atom is -0.350 e. The Kier molecular flexibility index (Phi) is 5.36. The van der Waals surface area contributed by atoms with Gasteiger partial charge in [0.1, 0.15) is 5.82 Å². The summed E-state index contributed by atoms with van der Waals surface area (Å²) in [5.41, 5.74) is 0.249. The minimum atomic E-state index is -4.48. The quantitative estimate of drug-likeness (QED) is 0.374. The van der Waals surface area contributed by atoms with Crippen molar-refractivity contribution in [2.75, 3.05) is 6.54 Å². The van der Waals surface area contributed by atoms with E-state index in [-0.39, 0.29) is 12.1 Å². The Labute approximate surface area is 169 Å². The van der Waals surface area contributed by atoms with Crippen molar-refractivity contribution in [1.29, 1.82) is 0 Å². The largest absolute Gasteiger partial charge is 0.416 e. The molecule has 8 heteroatoms. The molecule has 0 amide bonds. The topological polar surface area (TPSA) is 8.17 Å². The second kappa shape index (κ2) is 7.83. The molecular weight excluding hydrogens is 406 g/mol. The second-order valence-electron chi connectivity index (χ2n) is 7.34. The van der Waals surface area contributed by atoms with Crippen LogP contribution in [-0.2, 0) is 19.3 Å². The third-order valence-electron chi connectivity index (χ3n) is 5.33. The summed E-state index contributed by atoms with van der Waals surface area (Å²) >= 11 is 0. The van der Waals surface area contributed by atoms with Crippen molar-refractivity contribution in [3.05, 3.63) is 94.6 Å². The highest BCUT2D eigenvalue weighted by Crippen LogP contribution is 2.36. The van der Waals surface area contributed by atoms with Crippen molar-refractivity contribution < 1.29 is 26.3 Å². The van der Waals surface area contributed by atoms with Gasteiger partial charge < -0.3 is 4.57 Å². The summed E-state index contributed by atoms with van der Waals surface area (Å²) in [6.45, 7) is 1.17. The zero-order valence-electron chi connectivity index (χ0n) is 15.8. The monoisotopic (exact) mass is 424 g/mol. The van der Waals surface area contributed by atoms with Gasteiger partial charge in [0.15, 0.2) is 11.6 Å². The second-order valence-corrected chi connectivity index (χ2v) is 7.34. The number of hydrogen-bond acceptors (Lipinski definition) is 1. The van der Waals surface area contributed by atoms with Gasteiger partial charge in [-0.15, -0.1) is 0 Å². The van der Waals surface area contributed by atoms with Crippen molar-refractivity contribution in [2.24, 2.45) is 0 Å². The van der Waals surface area contributed by atoms with Gasteiger partial charge in [0, 0.05) is 43.2 Å². The molecule has 3 aromatic rings. The molecule has 1 aliphatic heterocycles. The maximum Gasteiger partial charge on any atom is 0.416 e. The normalized spacial score (nSPS) is 17.6. The fourth-order valence-electron chi connectivity index (χ4n) is 3.99. The first-order valence-corrected chi connectivity index (χ1v) is 9.43. The van der Waals surface area contributed by atoms with E-state index in [1.54, 1.807) is 23.1 Å². The molecule has 0 saturated heterocycles. The van der Waals surface area contributed by atoms with E-state index in [1.165, 1.54) is 6.07 Å². The van der Waals surface area contributed by atoms with Gasteiger partial charge in [0.2, 0.25) is 0 Å². The lowest BCUT2D eigenvalue weighted by Crippen LogP contribution is -2.30. The highest BCUT2D eigenvalue weighted by Gasteiger charge is 2.33. The van der Waals surface area contributed by atoms with Gasteiger partial charge in [0.25, 0.3) is 0 Å². The van der Waals surface area contributed by atoms with Crippen LogP contribution in [0.2, 0.25) is 0 Å². The Morgan fingerprint density at radius 3 is 2.40 bits per heavy atom. The lowest BCUT2D eigenvalue weighted by molar-refractivity contribution is -0.137. The molecule has 0 N–H and O–H groups in total. The molecule has 2 aromatic carbocycles. The Balaban J connectivity index is 1.77. The summed E-state index contributed by atoms with van der Waals surface area (Å²) in [4.78, 5) is 1.80. The molecule has 158 valence electrons. The van der Waals surface area contributed by atoms with E-state index in [0.29, 0.717) is 36.8 Å². The van der Waals surface area contributed by atoms with Gasteiger partial charge in [-0.1, -0.05) is 18.2 Å². The third-order valence-corrected chi connectivity index (χ3v) is 5.33. The van der Waals surface area contributed by atoms with Gasteiger partial charge in [-0.05, 0) is 36.2 Å². The molecule has 0 bridgehead atoms. The van der Waals surface area contributed by atoms with Crippen LogP contribution >= 0.6 is 0 Å². The number of aromatic nitrogens is 1. The zero-order valence-corrected chi connectivity index (χ0v) is 15.8. The van der Waals surface area contributed by atoms with Crippen LogP contribution in [0.25, 0.3) is 0 Å². The predicted octanol–water partition coefficient (Wildman–Crippen LogP) is 5.92. The van der Waals surface area contributed by atoms with E-state index in [2.05, 4.69) is 0 Å². The summed E-state index contributed by atoms with van der Waals surface area (Å²) in [5.74, 6) is -3.36. The molecule has 0 saturated carbocycles. The number of benzene rings is 2. The summed E-state index contributed by atoms with van der Waals surface area (Å²) in [6.07, 6.45) is -1.99. The minimum absolute atomic E-state index is 0.0530. The van der Waals surface area contributed by atoms with Gasteiger partial charge in [-0.3, -0.25) is 4.90 Å². The van der Waals surface area contributed by atoms with Gasteiger partial charge in [-0.25, -0.2) is 13.2 Å². The standard InChI is InChI=1S/C22H18F6N2/c23-17-12-19(25)18(24)11-16(17)21-20-6-2-7-29(20)8-3-9-30(21)13-14-4-1-5-15(10-14)22(26,27)28/h1-2,4-7,10-12,21H,3,8-9,13H2. The van der Waals surface area contributed by atoms with E-state index in [9.17, 15) is 26.3 Å². The molecule has 0 spiro atoms. The average Bonchev–Trinajstić information content (AvgIpc) is 3.07. The van der Waals surface area contributed by atoms with Crippen LogP contribution in [0, 0.1) is 17.5 Å². The van der Waals surface area contributed by atoms with Crippen LogP contribution in [0.5, 0.6) is 0 Å². The van der Waals surface area contributed by atoms with Crippen LogP contribution in [-0.4, -0.2) is 16.0 Å². The van der Waals surface area contributed by atoms with Gasteiger partial charge in [0.05, 0.1) is 11.6 Å². The van der Waals surface area contributed by atoms with Gasteiger partial charge >= 0.3 is 6.18 Å². The van der Waals surface area contributed by atoms with Crippen LogP contribution in [0.15, 0.2) is 54.7 Å². The van der Waals surface area contributed by atoms with Crippen molar-refractivity contribution in [1.82, 2.24) is 9.47 Å². The Morgan fingerprint density at radius 1 is 0.867 bits per heavy atom. The molecule has 2 heterocycles. The zero-order chi connectivity index (χ0) is 21.5. The van der Waals surface area contributed by atoms with Crippen molar-refractivity contribution in [3.63, 3.8) is 0 Å². The lowest BCUT2D eigenvalue weighted by Gasteiger charge is -2.31. The predicted molar refractivity (Wildman–Crippen MR) is 99.1 cm³/mol. The number of hydrogen-bond donors (Lipinski definition) is 0. The maximum absolute atomic E-state index is 14.7. The highest BCUT2D eigenvalue weighted by atomic mass is 19.4. The van der Waals surface area contributed by atoms with E-state index >= 15 is 0 Å². The molecular formula is C22H18F6N2. The van der Waals surface area contributed by atoms with Crippen molar-refractivity contribution in [3.8, 4) is 0 Å². The Hall–Kier alpha value is -2.74. The number of alkyl halides is 3. The smallest absolute Gasteiger partial charge is 0.350 e. The van der Waals surface area contributed by atoms with E-state index in [1.807, 2.05) is 10.8 Å². The van der Waals surface area contributed by atoms with Gasteiger partial charge in [-0.2, -0.15) is 13.2 Å². The van der Waals surface area contributed by atoms with Crippen LogP contribution in [0.4, 0.5) is 26.3 Å². The highest BCUT2D eigenvalue weighted by molar-refractivity contribution is 5.33. The van der Waals surface area contributed by atoms with Crippen molar-refractivity contribution in [2.45, 2.75) is 31.7 Å². The van der Waals surface area contributed by atoms with Crippen LogP contribution in [0.1, 0.15) is 34.8 Å². The molecule has 1 unspecified atom stereocenters. The number of rotatable bonds is 3. The number of aryl methyl sites for hydroxylation is 1. The molecule has 2 nitrogen and oxygen atoms in total. The first-order valence-electron chi connectivity index (χ1n) is 9.43. The Bertz CT molecular complexity index is 1060. The SMILES string of the molecule is Fc1cc(F)c(C2c3cccn3CCCN2Cc2cccc(C(F)(F)F)c2)cc1F. The lowest BCUT2D eigenvalue weighted by atomic mass is 9.99. The number of nitrogens with zero attached hydrogens (tertiary/aromatic N) is 2. The molecule has 0 radical (unpaired) electrons. The van der Waals surface area contributed by atoms with E-state index < -0.39 is 35.2 Å². The fourth-order valence-corrected chi connectivity index (χ4v) is 3.99. The first-order chi connectivity index (χ1) is 14.2. The number of halogens is 6. The summed E-state index contributed by atoms with van der Waals surface area (Å²) in [5, 5.41) is 0. The van der Waals surface area contributed by atoms with Crippen LogP contribution in [0.3, 0.4) is 0 Å². The molecule has 30 heavy (non-hydrogen) atoms. The van der Waals surface area contributed by atoms with Crippen molar-refractivity contribution >= 4 is 0 Å². The Morgan fingerprint density at radius 2 is 1.63 bits per heavy atom. The fraction of sp³-hybridized carbons (Fsp3) is 0.273. The third kappa shape index (κ3) is 3.96. The molecule has 0 aliphatic carbocycles. The van der Waals surface area contributed by atoms with Crippen LogP contribution < -0.4 is 0 Å². The molecule has 4 rings (SSSR count). The molecule has 1 aromatic heterocycles. The summed E-state index contributed by atoms with van der Waals surface area (Å²) in [6, 6.07) is 9.04. The molecule has 1 atom stereocenters.